The average Bonchev–Trinajstić information content (AvgIpc) is 3.55. The van der Waals surface area contributed by atoms with E-state index in [0.29, 0.717) is 0 Å². The SMILES string of the molecule is Cc1ccc(-c2nnc(-c3ccccc3)n2C2=CC=C(n3c4ccccc4c4ccccc43)CC2C)cc1C. The van der Waals surface area contributed by atoms with Crippen LogP contribution in [-0.2, 0) is 0 Å². The van der Waals surface area contributed by atoms with Gasteiger partial charge in [-0.2, -0.15) is 0 Å². The number of hydrogen-bond acceptors (Lipinski definition) is 2. The number of aromatic nitrogens is 4. The van der Waals surface area contributed by atoms with Crippen molar-refractivity contribution in [2.24, 2.45) is 5.92 Å². The molecular formula is C35H30N4. The summed E-state index contributed by atoms with van der Waals surface area (Å²) in [5.41, 5.74) is 9.67. The Bertz CT molecular complexity index is 1860. The van der Waals surface area contributed by atoms with Crippen molar-refractivity contribution in [3.05, 3.63) is 120 Å². The van der Waals surface area contributed by atoms with Crippen LogP contribution >= 0.6 is 0 Å². The number of aryl methyl sites for hydroxylation is 2. The Morgan fingerprint density at radius 3 is 1.87 bits per heavy atom. The van der Waals surface area contributed by atoms with Gasteiger partial charge in [0.05, 0.1) is 11.0 Å². The van der Waals surface area contributed by atoms with Gasteiger partial charge in [0.2, 0.25) is 0 Å². The van der Waals surface area contributed by atoms with Gasteiger partial charge >= 0.3 is 0 Å². The molecule has 1 unspecified atom stereocenters. The van der Waals surface area contributed by atoms with Crippen LogP contribution in [-0.4, -0.2) is 19.3 Å². The van der Waals surface area contributed by atoms with E-state index in [1.54, 1.807) is 0 Å². The van der Waals surface area contributed by atoms with E-state index in [9.17, 15) is 0 Å². The fourth-order valence-corrected chi connectivity index (χ4v) is 5.90. The van der Waals surface area contributed by atoms with Crippen LogP contribution in [0.5, 0.6) is 0 Å². The Morgan fingerprint density at radius 2 is 1.23 bits per heavy atom. The third kappa shape index (κ3) is 3.83. The lowest BCUT2D eigenvalue weighted by molar-refractivity contribution is 0.711. The molecule has 0 spiro atoms. The molecule has 0 radical (unpaired) electrons. The molecular weight excluding hydrogens is 476 g/mol. The first-order valence-electron chi connectivity index (χ1n) is 13.6. The summed E-state index contributed by atoms with van der Waals surface area (Å²) >= 11 is 0. The van der Waals surface area contributed by atoms with Crippen LogP contribution in [0, 0.1) is 19.8 Å². The highest BCUT2D eigenvalue weighted by molar-refractivity contribution is 6.10. The highest BCUT2D eigenvalue weighted by Gasteiger charge is 2.26. The van der Waals surface area contributed by atoms with E-state index in [1.165, 1.54) is 44.3 Å². The highest BCUT2D eigenvalue weighted by Crippen LogP contribution is 2.40. The number of hydrogen-bond donors (Lipinski definition) is 0. The third-order valence-corrected chi connectivity index (χ3v) is 8.05. The van der Waals surface area contributed by atoms with Crippen molar-refractivity contribution < 1.29 is 0 Å². The summed E-state index contributed by atoms with van der Waals surface area (Å²) in [7, 11) is 0. The molecule has 0 N–H and O–H groups in total. The Morgan fingerprint density at radius 1 is 0.615 bits per heavy atom. The van der Waals surface area contributed by atoms with Crippen molar-refractivity contribution in [3.63, 3.8) is 0 Å². The Hall–Kier alpha value is -4.70. The maximum Gasteiger partial charge on any atom is 0.168 e. The molecule has 7 rings (SSSR count). The largest absolute Gasteiger partial charge is 0.313 e. The van der Waals surface area contributed by atoms with E-state index in [1.807, 2.05) is 6.07 Å². The fraction of sp³-hybridized carbons (Fsp3) is 0.143. The van der Waals surface area contributed by atoms with Gasteiger partial charge in [-0.1, -0.05) is 85.8 Å². The normalized spacial score (nSPS) is 15.5. The van der Waals surface area contributed by atoms with Crippen molar-refractivity contribution in [2.75, 3.05) is 0 Å². The third-order valence-electron chi connectivity index (χ3n) is 8.05. The topological polar surface area (TPSA) is 35.6 Å². The standard InChI is InChI=1S/C35H30N4/c1-23-17-18-27(21-24(23)2)35-37-36-34(26-11-5-4-6-12-26)39(35)31-20-19-28(22-25(31)3)38-32-15-9-7-13-29(32)30-14-8-10-16-33(30)38/h4-21,25H,22H2,1-3H3. The number of rotatable bonds is 4. The zero-order chi connectivity index (χ0) is 26.5. The molecule has 39 heavy (non-hydrogen) atoms. The van der Waals surface area contributed by atoms with E-state index in [-0.39, 0.29) is 5.92 Å². The second-order valence-corrected chi connectivity index (χ2v) is 10.6. The molecule has 4 heteroatoms. The molecule has 2 aromatic heterocycles. The van der Waals surface area contributed by atoms with Crippen LogP contribution in [0.15, 0.2) is 109 Å². The average molecular weight is 507 g/mol. The van der Waals surface area contributed by atoms with Gasteiger partial charge in [-0.05, 0) is 61.7 Å². The fourth-order valence-electron chi connectivity index (χ4n) is 5.90. The van der Waals surface area contributed by atoms with Crippen molar-refractivity contribution in [1.82, 2.24) is 19.3 Å². The van der Waals surface area contributed by atoms with Crippen LogP contribution in [0.3, 0.4) is 0 Å². The van der Waals surface area contributed by atoms with Crippen molar-refractivity contribution in [1.29, 1.82) is 0 Å². The van der Waals surface area contributed by atoms with Gasteiger partial charge in [-0.15, -0.1) is 10.2 Å². The predicted molar refractivity (Wildman–Crippen MR) is 162 cm³/mol. The Balaban J connectivity index is 1.42. The minimum Gasteiger partial charge on any atom is -0.313 e. The van der Waals surface area contributed by atoms with Gasteiger partial charge < -0.3 is 4.57 Å². The molecule has 0 bridgehead atoms. The molecule has 2 heterocycles. The van der Waals surface area contributed by atoms with Crippen molar-refractivity contribution >= 4 is 33.2 Å². The molecule has 4 aromatic carbocycles. The Kier molecular flexibility index (Phi) is 5.55. The first-order chi connectivity index (χ1) is 19.1. The highest BCUT2D eigenvalue weighted by atomic mass is 15.3. The van der Waals surface area contributed by atoms with Crippen molar-refractivity contribution in [2.45, 2.75) is 27.2 Å². The van der Waals surface area contributed by atoms with E-state index < -0.39 is 0 Å². The van der Waals surface area contributed by atoms with E-state index in [2.05, 4.69) is 133 Å². The molecule has 6 aromatic rings. The molecule has 1 atom stereocenters. The minimum absolute atomic E-state index is 0.258. The maximum atomic E-state index is 4.74. The second kappa shape index (κ2) is 9.25. The first kappa shape index (κ1) is 23.4. The molecule has 1 aliphatic rings. The van der Waals surface area contributed by atoms with E-state index >= 15 is 0 Å². The summed E-state index contributed by atoms with van der Waals surface area (Å²) < 4.78 is 4.70. The molecule has 0 fully saturated rings. The number of benzene rings is 4. The smallest absolute Gasteiger partial charge is 0.168 e. The van der Waals surface area contributed by atoms with Gasteiger partial charge in [0.25, 0.3) is 0 Å². The first-order valence-corrected chi connectivity index (χ1v) is 13.6. The number of allylic oxidation sites excluding steroid dienone is 4. The van der Waals surface area contributed by atoms with Crippen LogP contribution in [0.4, 0.5) is 0 Å². The minimum atomic E-state index is 0.258. The quantitative estimate of drug-likeness (QED) is 0.240. The predicted octanol–water partition coefficient (Wildman–Crippen LogP) is 8.76. The lowest BCUT2D eigenvalue weighted by Crippen LogP contribution is -2.14. The van der Waals surface area contributed by atoms with E-state index in [4.69, 9.17) is 10.2 Å². The van der Waals surface area contributed by atoms with Gasteiger partial charge in [0.1, 0.15) is 0 Å². The summed E-state index contributed by atoms with van der Waals surface area (Å²) in [5.74, 6) is 2.01. The van der Waals surface area contributed by atoms with Crippen molar-refractivity contribution in [3.8, 4) is 22.8 Å². The van der Waals surface area contributed by atoms with Gasteiger partial charge in [0.15, 0.2) is 11.6 Å². The number of para-hydroxylation sites is 2. The van der Waals surface area contributed by atoms with E-state index in [0.717, 1.165) is 29.2 Å². The maximum absolute atomic E-state index is 4.74. The number of nitrogens with zero attached hydrogens (tertiary/aromatic N) is 4. The number of fused-ring (bicyclic) bond motifs is 3. The summed E-state index contributed by atoms with van der Waals surface area (Å²) in [4.78, 5) is 0. The molecule has 0 amide bonds. The molecule has 190 valence electrons. The lowest BCUT2D eigenvalue weighted by atomic mass is 9.95. The van der Waals surface area contributed by atoms with Gasteiger partial charge in [0, 0.05) is 39.2 Å². The molecule has 4 nitrogen and oxygen atoms in total. The zero-order valence-electron chi connectivity index (χ0n) is 22.5. The van der Waals surface area contributed by atoms with Gasteiger partial charge in [-0.3, -0.25) is 4.57 Å². The summed E-state index contributed by atoms with van der Waals surface area (Å²) in [5, 5.41) is 12.0. The second-order valence-electron chi connectivity index (χ2n) is 10.6. The monoisotopic (exact) mass is 506 g/mol. The lowest BCUT2D eigenvalue weighted by Gasteiger charge is -2.26. The zero-order valence-corrected chi connectivity index (χ0v) is 22.5. The Labute approximate surface area is 228 Å². The van der Waals surface area contributed by atoms with Crippen LogP contribution in [0.1, 0.15) is 24.5 Å². The molecule has 0 saturated carbocycles. The van der Waals surface area contributed by atoms with Crippen LogP contribution in [0.2, 0.25) is 0 Å². The van der Waals surface area contributed by atoms with Crippen LogP contribution in [0.25, 0.3) is 56.0 Å². The summed E-state index contributed by atoms with van der Waals surface area (Å²) in [6, 6.07) is 34.3. The molecule has 0 saturated heterocycles. The van der Waals surface area contributed by atoms with Gasteiger partial charge in [-0.25, -0.2) is 0 Å². The summed E-state index contributed by atoms with van der Waals surface area (Å²) in [6.45, 7) is 6.61. The molecule has 1 aliphatic carbocycles. The summed E-state index contributed by atoms with van der Waals surface area (Å²) in [6.07, 6.45) is 5.47. The van der Waals surface area contributed by atoms with Crippen LogP contribution < -0.4 is 0 Å². The molecule has 0 aliphatic heterocycles.